The fourth-order valence-electron chi connectivity index (χ4n) is 1.33. The van der Waals surface area contributed by atoms with Gasteiger partial charge in [-0.15, -0.1) is 0 Å². The average Bonchev–Trinajstić information content (AvgIpc) is 2.76. The van der Waals surface area contributed by atoms with Gasteiger partial charge in [0.25, 0.3) is 0 Å². The Hall–Kier alpha value is -1.90. The smallest absolute Gasteiger partial charge is 0.137 e. The summed E-state index contributed by atoms with van der Waals surface area (Å²) in [6.07, 6.45) is 3.60. The molecule has 0 saturated carbocycles. The van der Waals surface area contributed by atoms with E-state index in [0.717, 1.165) is 23.6 Å². The third-order valence-corrected chi connectivity index (χ3v) is 2.06. The molecule has 3 heteroatoms. The molecule has 0 fully saturated rings. The van der Waals surface area contributed by atoms with Crippen LogP contribution in [0.5, 0.6) is 0 Å². The molecule has 0 atom stereocenters. The summed E-state index contributed by atoms with van der Waals surface area (Å²) in [5.74, 6) is 0.883. The van der Waals surface area contributed by atoms with E-state index in [0.29, 0.717) is 0 Å². The molecule has 0 bridgehead atoms. The highest BCUT2D eigenvalue weighted by molar-refractivity contribution is 5.77. The van der Waals surface area contributed by atoms with Crippen molar-refractivity contribution in [1.29, 1.82) is 0 Å². The Morgan fingerprint density at radius 2 is 2.13 bits per heavy atom. The first-order valence-corrected chi connectivity index (χ1v) is 5.00. The first-order valence-electron chi connectivity index (χ1n) is 5.00. The highest BCUT2D eigenvalue weighted by atomic mass is 14.9. The lowest BCUT2D eigenvalue weighted by atomic mass is 10.2. The Morgan fingerprint density at radius 3 is 2.87 bits per heavy atom. The summed E-state index contributed by atoms with van der Waals surface area (Å²) in [4.78, 5) is 11.6. The van der Waals surface area contributed by atoms with Crippen molar-refractivity contribution in [3.63, 3.8) is 0 Å². The second kappa shape index (κ2) is 4.55. The van der Waals surface area contributed by atoms with Crippen molar-refractivity contribution in [1.82, 2.24) is 9.97 Å². The molecule has 0 unspecified atom stereocenters. The van der Waals surface area contributed by atoms with Crippen molar-refractivity contribution in [2.45, 2.75) is 6.92 Å². The maximum Gasteiger partial charge on any atom is 0.137 e. The lowest BCUT2D eigenvalue weighted by Gasteiger charge is -1.93. The Morgan fingerprint density at radius 1 is 1.33 bits per heavy atom. The monoisotopic (exact) mass is 199 g/mol. The molecule has 2 aromatic rings. The van der Waals surface area contributed by atoms with Crippen LogP contribution in [0, 0.1) is 0 Å². The van der Waals surface area contributed by atoms with Crippen molar-refractivity contribution in [3.8, 4) is 11.4 Å². The molecule has 0 amide bonds. The molecule has 2 rings (SSSR count). The van der Waals surface area contributed by atoms with Crippen LogP contribution in [0.15, 0.2) is 41.5 Å². The molecule has 1 N–H and O–H groups in total. The van der Waals surface area contributed by atoms with E-state index in [-0.39, 0.29) is 0 Å². The van der Waals surface area contributed by atoms with Crippen molar-refractivity contribution < 1.29 is 0 Å². The number of rotatable bonds is 3. The fraction of sp³-hybridized carbons (Fsp3) is 0.167. The minimum absolute atomic E-state index is 0.791. The molecule has 1 aromatic carbocycles. The highest BCUT2D eigenvalue weighted by Gasteiger charge is 2.00. The molecular formula is C12H13N3. The average molecular weight is 199 g/mol. The third-order valence-electron chi connectivity index (χ3n) is 2.06. The van der Waals surface area contributed by atoms with Crippen LogP contribution in [0.3, 0.4) is 0 Å². The summed E-state index contributed by atoms with van der Waals surface area (Å²) in [5.41, 5.74) is 2.03. The van der Waals surface area contributed by atoms with Crippen LogP contribution in [-0.4, -0.2) is 22.7 Å². The van der Waals surface area contributed by atoms with E-state index in [1.165, 1.54) is 0 Å². The van der Waals surface area contributed by atoms with Gasteiger partial charge in [-0.2, -0.15) is 0 Å². The highest BCUT2D eigenvalue weighted by Crippen LogP contribution is 2.13. The Kier molecular flexibility index (Phi) is 2.93. The van der Waals surface area contributed by atoms with Crippen molar-refractivity contribution in [3.05, 3.63) is 42.2 Å². The second-order valence-corrected chi connectivity index (χ2v) is 3.18. The molecule has 0 saturated heterocycles. The summed E-state index contributed by atoms with van der Waals surface area (Å²) in [6, 6.07) is 10.0. The molecule has 0 aliphatic rings. The standard InChI is InChI=1S/C12H13N3/c1-2-13-8-11-9-14-12(15-11)10-6-4-3-5-7-10/h3-9H,2H2,1H3,(H,14,15). The fourth-order valence-corrected chi connectivity index (χ4v) is 1.33. The molecule has 3 nitrogen and oxygen atoms in total. The van der Waals surface area contributed by atoms with Crippen molar-refractivity contribution >= 4 is 6.21 Å². The summed E-state index contributed by atoms with van der Waals surface area (Å²) in [7, 11) is 0. The number of aliphatic imine (C=N–C) groups is 1. The lowest BCUT2D eigenvalue weighted by Crippen LogP contribution is -1.83. The molecule has 0 radical (unpaired) electrons. The molecule has 15 heavy (non-hydrogen) atoms. The van der Waals surface area contributed by atoms with E-state index in [1.807, 2.05) is 37.3 Å². The van der Waals surface area contributed by atoms with Crippen LogP contribution in [0.4, 0.5) is 0 Å². The van der Waals surface area contributed by atoms with E-state index in [2.05, 4.69) is 15.0 Å². The zero-order valence-electron chi connectivity index (χ0n) is 8.64. The Balaban J connectivity index is 2.24. The number of hydrogen-bond acceptors (Lipinski definition) is 2. The largest absolute Gasteiger partial charge is 0.337 e. The van der Waals surface area contributed by atoms with Gasteiger partial charge in [0.15, 0.2) is 0 Å². The van der Waals surface area contributed by atoms with Gasteiger partial charge in [-0.05, 0) is 6.92 Å². The van der Waals surface area contributed by atoms with Gasteiger partial charge in [-0.25, -0.2) is 4.98 Å². The van der Waals surface area contributed by atoms with Gasteiger partial charge in [-0.3, -0.25) is 4.99 Å². The van der Waals surface area contributed by atoms with Crippen LogP contribution in [0.1, 0.15) is 12.6 Å². The topological polar surface area (TPSA) is 41.0 Å². The molecule has 76 valence electrons. The van der Waals surface area contributed by atoms with E-state index in [9.17, 15) is 0 Å². The van der Waals surface area contributed by atoms with Crippen LogP contribution >= 0.6 is 0 Å². The first-order chi connectivity index (χ1) is 7.40. The number of nitrogens with zero attached hydrogens (tertiary/aromatic N) is 2. The van der Waals surface area contributed by atoms with E-state index in [1.54, 1.807) is 12.4 Å². The SMILES string of the molecule is CCN=Cc1cnc(-c2ccccc2)[nH]1. The summed E-state index contributed by atoms with van der Waals surface area (Å²) in [5, 5.41) is 0. The summed E-state index contributed by atoms with van der Waals surface area (Å²) >= 11 is 0. The second-order valence-electron chi connectivity index (χ2n) is 3.18. The van der Waals surface area contributed by atoms with Crippen molar-refractivity contribution in [2.24, 2.45) is 4.99 Å². The number of H-pyrrole nitrogens is 1. The summed E-state index contributed by atoms with van der Waals surface area (Å²) < 4.78 is 0. The number of hydrogen-bond donors (Lipinski definition) is 1. The number of aromatic amines is 1. The molecular weight excluding hydrogens is 186 g/mol. The maximum absolute atomic E-state index is 4.29. The van der Waals surface area contributed by atoms with Crippen LogP contribution in [0.2, 0.25) is 0 Å². The normalized spacial score (nSPS) is 11.0. The van der Waals surface area contributed by atoms with E-state index in [4.69, 9.17) is 0 Å². The van der Waals surface area contributed by atoms with Crippen LogP contribution < -0.4 is 0 Å². The number of benzene rings is 1. The van der Waals surface area contributed by atoms with Gasteiger partial charge in [0.2, 0.25) is 0 Å². The maximum atomic E-state index is 4.29. The zero-order chi connectivity index (χ0) is 10.5. The first kappa shape index (κ1) is 9.65. The van der Waals surface area contributed by atoms with Gasteiger partial charge >= 0.3 is 0 Å². The third kappa shape index (κ3) is 2.31. The van der Waals surface area contributed by atoms with Crippen molar-refractivity contribution in [2.75, 3.05) is 6.54 Å². The van der Waals surface area contributed by atoms with E-state index < -0.39 is 0 Å². The minimum Gasteiger partial charge on any atom is -0.337 e. The van der Waals surface area contributed by atoms with Gasteiger partial charge in [0, 0.05) is 18.3 Å². The van der Waals surface area contributed by atoms with E-state index >= 15 is 0 Å². The molecule has 0 aliphatic carbocycles. The number of nitrogens with one attached hydrogen (secondary N) is 1. The van der Waals surface area contributed by atoms with Gasteiger partial charge < -0.3 is 4.98 Å². The number of aromatic nitrogens is 2. The quantitative estimate of drug-likeness (QED) is 0.758. The lowest BCUT2D eigenvalue weighted by molar-refractivity contribution is 1.14. The molecule has 0 spiro atoms. The Labute approximate surface area is 88.9 Å². The minimum atomic E-state index is 0.791. The van der Waals surface area contributed by atoms with Gasteiger partial charge in [0.05, 0.1) is 11.9 Å². The molecule has 0 aliphatic heterocycles. The molecule has 1 aromatic heterocycles. The predicted octanol–water partition coefficient (Wildman–Crippen LogP) is 2.52. The van der Waals surface area contributed by atoms with Gasteiger partial charge in [0.1, 0.15) is 5.82 Å². The number of imidazole rings is 1. The zero-order valence-corrected chi connectivity index (χ0v) is 8.64. The summed E-state index contributed by atoms with van der Waals surface area (Å²) in [6.45, 7) is 2.80. The van der Waals surface area contributed by atoms with Crippen LogP contribution in [0.25, 0.3) is 11.4 Å². The predicted molar refractivity (Wildman–Crippen MR) is 62.2 cm³/mol. The van der Waals surface area contributed by atoms with Crippen LogP contribution in [-0.2, 0) is 0 Å². The Bertz CT molecular complexity index is 443. The van der Waals surface area contributed by atoms with Gasteiger partial charge in [-0.1, -0.05) is 30.3 Å². The molecule has 1 heterocycles.